The summed E-state index contributed by atoms with van der Waals surface area (Å²) in [6.07, 6.45) is -1.80. The van der Waals surface area contributed by atoms with Gasteiger partial charge in [0.25, 0.3) is 0 Å². The third-order valence-corrected chi connectivity index (χ3v) is 2.67. The highest BCUT2D eigenvalue weighted by atomic mass is 32.2. The molecule has 0 aromatic carbocycles. The summed E-state index contributed by atoms with van der Waals surface area (Å²) in [5.41, 5.74) is -5.56. The summed E-state index contributed by atoms with van der Waals surface area (Å²) in [5.74, 6) is -1.92. The van der Waals surface area contributed by atoms with Gasteiger partial charge in [0.15, 0.2) is 6.10 Å². The van der Waals surface area contributed by atoms with E-state index in [1.165, 1.54) is 20.8 Å². The Kier molecular flexibility index (Phi) is 5.40. The van der Waals surface area contributed by atoms with Gasteiger partial charge < -0.3 is 4.74 Å². The molecule has 0 rings (SSSR count). The highest BCUT2D eigenvalue weighted by molar-refractivity contribution is 7.87. The highest BCUT2D eigenvalue weighted by Crippen LogP contribution is 2.27. The van der Waals surface area contributed by atoms with E-state index < -0.39 is 33.6 Å². The van der Waals surface area contributed by atoms with Gasteiger partial charge in [-0.15, -0.1) is 0 Å². The van der Waals surface area contributed by atoms with Crippen molar-refractivity contribution >= 4 is 16.1 Å². The number of ether oxygens (including phenoxy) is 1. The van der Waals surface area contributed by atoms with E-state index in [-0.39, 0.29) is 6.61 Å². The Morgan fingerprint density at radius 1 is 1.29 bits per heavy atom. The lowest BCUT2D eigenvalue weighted by molar-refractivity contribution is -0.154. The van der Waals surface area contributed by atoms with Crippen LogP contribution < -0.4 is 0 Å². The van der Waals surface area contributed by atoms with E-state index in [9.17, 15) is 26.4 Å². The maximum atomic E-state index is 12.0. The molecule has 0 spiro atoms. The van der Waals surface area contributed by atoms with Crippen LogP contribution in [-0.2, 0) is 23.8 Å². The van der Waals surface area contributed by atoms with E-state index in [1.807, 2.05) is 0 Å². The van der Waals surface area contributed by atoms with Crippen molar-refractivity contribution < 1.29 is 35.3 Å². The fourth-order valence-electron chi connectivity index (χ4n) is 0.838. The molecule has 17 heavy (non-hydrogen) atoms. The third-order valence-electron chi connectivity index (χ3n) is 1.64. The first-order chi connectivity index (χ1) is 7.53. The van der Waals surface area contributed by atoms with Gasteiger partial charge in [0.1, 0.15) is 0 Å². The SMILES string of the molecule is CCOC(=O)C(OS(=O)(=O)C(F)(F)F)C(C)C. The molecule has 102 valence electrons. The summed E-state index contributed by atoms with van der Waals surface area (Å²) in [4.78, 5) is 11.2. The van der Waals surface area contributed by atoms with E-state index in [4.69, 9.17) is 0 Å². The first-order valence-electron chi connectivity index (χ1n) is 4.69. The fraction of sp³-hybridized carbons (Fsp3) is 0.875. The van der Waals surface area contributed by atoms with Crippen LogP contribution in [0.25, 0.3) is 0 Å². The lowest BCUT2D eigenvalue weighted by Gasteiger charge is -2.19. The average molecular weight is 278 g/mol. The summed E-state index contributed by atoms with van der Waals surface area (Å²) in [5, 5.41) is 0. The zero-order valence-corrected chi connectivity index (χ0v) is 10.3. The summed E-state index contributed by atoms with van der Waals surface area (Å²) >= 11 is 0. The molecule has 0 heterocycles. The van der Waals surface area contributed by atoms with Crippen LogP contribution in [-0.4, -0.2) is 32.6 Å². The van der Waals surface area contributed by atoms with Gasteiger partial charge in [0, 0.05) is 0 Å². The maximum Gasteiger partial charge on any atom is 0.523 e. The van der Waals surface area contributed by atoms with Gasteiger partial charge in [0.05, 0.1) is 6.61 Å². The second-order valence-corrected chi connectivity index (χ2v) is 4.98. The summed E-state index contributed by atoms with van der Waals surface area (Å²) in [6, 6.07) is 0. The number of halogens is 3. The molecule has 9 heteroatoms. The number of esters is 1. The van der Waals surface area contributed by atoms with Crippen molar-refractivity contribution in [3.05, 3.63) is 0 Å². The van der Waals surface area contributed by atoms with Crippen LogP contribution >= 0.6 is 0 Å². The van der Waals surface area contributed by atoms with Gasteiger partial charge >= 0.3 is 21.6 Å². The molecule has 0 aromatic heterocycles. The molecule has 1 atom stereocenters. The van der Waals surface area contributed by atoms with Gasteiger partial charge in [-0.2, -0.15) is 21.6 Å². The minimum Gasteiger partial charge on any atom is -0.464 e. The van der Waals surface area contributed by atoms with Crippen molar-refractivity contribution in [3.8, 4) is 0 Å². The standard InChI is InChI=1S/C8H13F3O5S/c1-4-15-7(12)6(5(2)3)16-17(13,14)8(9,10)11/h5-6H,4H2,1-3H3. The predicted molar refractivity (Wildman–Crippen MR) is 51.3 cm³/mol. The van der Waals surface area contributed by atoms with Gasteiger partial charge in [-0.1, -0.05) is 13.8 Å². The lowest BCUT2D eigenvalue weighted by atomic mass is 10.1. The molecule has 0 radical (unpaired) electrons. The van der Waals surface area contributed by atoms with Gasteiger partial charge in [-0.05, 0) is 12.8 Å². The average Bonchev–Trinajstić information content (AvgIpc) is 2.12. The van der Waals surface area contributed by atoms with Crippen LogP contribution in [0.1, 0.15) is 20.8 Å². The lowest BCUT2D eigenvalue weighted by Crippen LogP contribution is -2.38. The number of hydrogen-bond donors (Lipinski definition) is 0. The van der Waals surface area contributed by atoms with Crippen LogP contribution in [0.5, 0.6) is 0 Å². The van der Waals surface area contributed by atoms with Crippen LogP contribution in [0.15, 0.2) is 0 Å². The molecule has 5 nitrogen and oxygen atoms in total. The Balaban J connectivity index is 4.98. The minimum absolute atomic E-state index is 0.0858. The minimum atomic E-state index is -5.81. The quantitative estimate of drug-likeness (QED) is 0.432. The van der Waals surface area contributed by atoms with Gasteiger partial charge in [-0.3, -0.25) is 0 Å². The van der Waals surface area contributed by atoms with Crippen molar-refractivity contribution in [1.29, 1.82) is 0 Å². The molecular weight excluding hydrogens is 265 g/mol. The first kappa shape index (κ1) is 16.2. The van der Waals surface area contributed by atoms with E-state index in [2.05, 4.69) is 8.92 Å². The largest absolute Gasteiger partial charge is 0.523 e. The van der Waals surface area contributed by atoms with E-state index in [0.717, 1.165) is 0 Å². The molecule has 0 aromatic rings. The van der Waals surface area contributed by atoms with Crippen LogP contribution in [0.3, 0.4) is 0 Å². The molecule has 1 unspecified atom stereocenters. The molecule has 0 saturated carbocycles. The van der Waals surface area contributed by atoms with E-state index >= 15 is 0 Å². The zero-order chi connectivity index (χ0) is 13.9. The smallest absolute Gasteiger partial charge is 0.464 e. The number of alkyl halides is 3. The number of carbonyl (C=O) groups is 1. The fourth-order valence-corrected chi connectivity index (χ4v) is 1.52. The second-order valence-electron chi connectivity index (χ2n) is 3.41. The number of hydrogen-bond acceptors (Lipinski definition) is 5. The normalized spacial score (nSPS) is 14.8. The highest BCUT2D eigenvalue weighted by Gasteiger charge is 2.50. The van der Waals surface area contributed by atoms with Gasteiger partial charge in [-0.25, -0.2) is 8.98 Å². The summed E-state index contributed by atoms with van der Waals surface area (Å²) in [6.45, 7) is 4.03. The maximum absolute atomic E-state index is 12.0. The Labute approximate surface area is 97.0 Å². The van der Waals surface area contributed by atoms with Crippen LogP contribution in [0.2, 0.25) is 0 Å². The van der Waals surface area contributed by atoms with Crippen molar-refractivity contribution in [2.45, 2.75) is 32.4 Å². The Bertz CT molecular complexity index is 360. The molecule has 0 bridgehead atoms. The van der Waals surface area contributed by atoms with Gasteiger partial charge in [0.2, 0.25) is 0 Å². The van der Waals surface area contributed by atoms with E-state index in [1.54, 1.807) is 0 Å². The van der Waals surface area contributed by atoms with Crippen LogP contribution in [0, 0.1) is 5.92 Å². The molecule has 0 saturated heterocycles. The predicted octanol–water partition coefficient (Wildman–Crippen LogP) is 1.44. The topological polar surface area (TPSA) is 69.7 Å². The number of carbonyl (C=O) groups excluding carboxylic acids is 1. The number of rotatable bonds is 5. The second kappa shape index (κ2) is 5.67. The van der Waals surface area contributed by atoms with Crippen molar-refractivity contribution in [2.24, 2.45) is 5.92 Å². The molecule has 0 amide bonds. The third kappa shape index (κ3) is 4.50. The Morgan fingerprint density at radius 3 is 2.06 bits per heavy atom. The molecule has 0 N–H and O–H groups in total. The molecule has 0 aliphatic rings. The van der Waals surface area contributed by atoms with E-state index in [0.29, 0.717) is 0 Å². The monoisotopic (exact) mass is 278 g/mol. The van der Waals surface area contributed by atoms with Crippen molar-refractivity contribution in [3.63, 3.8) is 0 Å². The zero-order valence-electron chi connectivity index (χ0n) is 9.45. The summed E-state index contributed by atoms with van der Waals surface area (Å²) < 4.78 is 65.8. The van der Waals surface area contributed by atoms with Crippen LogP contribution in [0.4, 0.5) is 13.2 Å². The molecule has 0 aliphatic carbocycles. The first-order valence-corrected chi connectivity index (χ1v) is 6.10. The van der Waals surface area contributed by atoms with Crippen molar-refractivity contribution in [1.82, 2.24) is 0 Å². The molecular formula is C8H13F3O5S. The Hall–Kier alpha value is -0.830. The molecule has 0 fully saturated rings. The van der Waals surface area contributed by atoms with Crippen molar-refractivity contribution in [2.75, 3.05) is 6.61 Å². The summed E-state index contributed by atoms with van der Waals surface area (Å²) in [7, 11) is -5.81. The Morgan fingerprint density at radius 2 is 1.76 bits per heavy atom. The molecule has 0 aliphatic heterocycles.